The van der Waals surface area contributed by atoms with Crippen LogP contribution in [0.2, 0.25) is 0 Å². The Labute approximate surface area is 230 Å². The second-order valence-electron chi connectivity index (χ2n) is 10.2. The van der Waals surface area contributed by atoms with Crippen LogP contribution < -0.4 is 19.1 Å². The maximum Gasteiger partial charge on any atom is 0.319 e. The van der Waals surface area contributed by atoms with Gasteiger partial charge < -0.3 is 14.2 Å². The fourth-order valence-corrected chi connectivity index (χ4v) is 6.47. The molecular formula is C33H25NO6. The summed E-state index contributed by atoms with van der Waals surface area (Å²) < 4.78 is 16.5. The number of hydrogen-bond donors (Lipinski definition) is 0. The van der Waals surface area contributed by atoms with Gasteiger partial charge >= 0.3 is 5.97 Å². The lowest BCUT2D eigenvalue weighted by Gasteiger charge is -2.38. The molecule has 0 N–H and O–H groups in total. The number of imide groups is 1. The van der Waals surface area contributed by atoms with E-state index in [1.807, 2.05) is 60.7 Å². The van der Waals surface area contributed by atoms with Crippen molar-refractivity contribution in [3.63, 3.8) is 0 Å². The van der Waals surface area contributed by atoms with Gasteiger partial charge in [-0.2, -0.15) is 0 Å². The van der Waals surface area contributed by atoms with Crippen LogP contribution in [-0.4, -0.2) is 32.0 Å². The summed E-state index contributed by atoms with van der Waals surface area (Å²) in [6.45, 7) is 0. The molecule has 0 spiro atoms. The number of amides is 2. The average Bonchev–Trinajstić information content (AvgIpc) is 3.26. The summed E-state index contributed by atoms with van der Waals surface area (Å²) in [7, 11) is 3.15. The summed E-state index contributed by atoms with van der Waals surface area (Å²) in [5.74, 6) is -2.55. The zero-order valence-corrected chi connectivity index (χ0v) is 21.9. The van der Waals surface area contributed by atoms with Gasteiger partial charge in [-0.05, 0) is 64.4 Å². The molecule has 0 bridgehead atoms. The molecule has 3 aliphatic rings. The average molecular weight is 532 g/mol. The molecule has 1 fully saturated rings. The van der Waals surface area contributed by atoms with E-state index in [0.29, 0.717) is 22.9 Å². The minimum atomic E-state index is -0.915. The predicted molar refractivity (Wildman–Crippen MR) is 149 cm³/mol. The van der Waals surface area contributed by atoms with Gasteiger partial charge in [0.1, 0.15) is 17.2 Å². The van der Waals surface area contributed by atoms with Crippen LogP contribution in [0.25, 0.3) is 16.3 Å². The summed E-state index contributed by atoms with van der Waals surface area (Å²) >= 11 is 0. The Balaban J connectivity index is 1.44. The maximum atomic E-state index is 14.2. The highest BCUT2D eigenvalue weighted by Gasteiger charge is 2.60. The fourth-order valence-electron chi connectivity index (χ4n) is 6.47. The Morgan fingerprint density at radius 2 is 1.38 bits per heavy atom. The normalized spacial score (nSPS) is 23.2. The standard InChI is InChI=1S/C33H25NO6/c1-38-21-12-7-19(8-13-21)24-17-25-27-23-6-4-3-5-18(23)9-16-26(27)40-33(37)29(25)30-28(24)31(35)34(32(30)36)20-10-14-22(39-2)15-11-20/h3-17,24,28-30H,1-2H3/t24-,28+,29-,30-/m0/s1. The van der Waals surface area contributed by atoms with Crippen LogP contribution >= 0.6 is 0 Å². The highest BCUT2D eigenvalue weighted by molar-refractivity contribution is 6.25. The van der Waals surface area contributed by atoms with Crippen LogP contribution in [-0.2, 0) is 14.4 Å². The van der Waals surface area contributed by atoms with Crippen molar-refractivity contribution in [3.8, 4) is 17.2 Å². The second-order valence-corrected chi connectivity index (χ2v) is 10.2. The van der Waals surface area contributed by atoms with Crippen molar-refractivity contribution in [2.24, 2.45) is 17.8 Å². The molecular weight excluding hydrogens is 506 g/mol. The third-order valence-corrected chi connectivity index (χ3v) is 8.31. The number of ether oxygens (including phenoxy) is 3. The van der Waals surface area contributed by atoms with Gasteiger partial charge in [0.2, 0.25) is 11.8 Å². The maximum absolute atomic E-state index is 14.2. The van der Waals surface area contributed by atoms with Crippen molar-refractivity contribution >= 4 is 39.8 Å². The minimum absolute atomic E-state index is 0.340. The first-order chi connectivity index (χ1) is 19.5. The fraction of sp³-hybridized carbons (Fsp3) is 0.182. The van der Waals surface area contributed by atoms with Crippen LogP contribution in [0.15, 0.2) is 91.0 Å². The summed E-state index contributed by atoms with van der Waals surface area (Å²) in [5, 5.41) is 1.93. The summed E-state index contributed by atoms with van der Waals surface area (Å²) in [5.41, 5.74) is 2.82. The number of nitrogens with zero attached hydrogens (tertiary/aromatic N) is 1. The number of benzene rings is 4. The van der Waals surface area contributed by atoms with E-state index in [-0.39, 0.29) is 5.91 Å². The molecule has 0 unspecified atom stereocenters. The molecule has 0 saturated carbocycles. The van der Waals surface area contributed by atoms with Crippen molar-refractivity contribution in [3.05, 3.63) is 102 Å². The van der Waals surface area contributed by atoms with E-state index in [1.165, 1.54) is 4.90 Å². The van der Waals surface area contributed by atoms with E-state index < -0.39 is 35.5 Å². The first-order valence-electron chi connectivity index (χ1n) is 13.1. The molecule has 0 aromatic heterocycles. The van der Waals surface area contributed by atoms with Crippen molar-refractivity contribution in [2.45, 2.75) is 5.92 Å². The number of fused-ring (bicyclic) bond motifs is 7. The molecule has 0 radical (unpaired) electrons. The SMILES string of the molecule is COc1ccc([C@@H]2C=C3c4c(ccc5ccccc45)OC(=O)[C@@H]3[C@H]3C(=O)N(c4ccc(OC)cc4)C(=O)[C@@H]32)cc1. The summed E-state index contributed by atoms with van der Waals surface area (Å²) in [6.07, 6.45) is 2.00. The lowest BCUT2D eigenvalue weighted by atomic mass is 9.64. The number of rotatable bonds is 4. The Hall–Kier alpha value is -4.91. The van der Waals surface area contributed by atoms with E-state index in [0.717, 1.165) is 27.5 Å². The zero-order valence-electron chi connectivity index (χ0n) is 21.9. The lowest BCUT2D eigenvalue weighted by molar-refractivity contribution is -0.142. The van der Waals surface area contributed by atoms with Gasteiger partial charge in [-0.1, -0.05) is 48.5 Å². The van der Waals surface area contributed by atoms with Crippen molar-refractivity contribution in [1.82, 2.24) is 0 Å². The van der Waals surface area contributed by atoms with E-state index >= 15 is 0 Å². The highest BCUT2D eigenvalue weighted by atomic mass is 16.5. The van der Waals surface area contributed by atoms with Crippen LogP contribution in [0.5, 0.6) is 17.2 Å². The van der Waals surface area contributed by atoms with Gasteiger partial charge in [0, 0.05) is 11.5 Å². The third kappa shape index (κ3) is 3.47. The van der Waals surface area contributed by atoms with Gasteiger partial charge in [0.05, 0.1) is 37.7 Å². The van der Waals surface area contributed by atoms with Crippen molar-refractivity contribution < 1.29 is 28.6 Å². The lowest BCUT2D eigenvalue weighted by Crippen LogP contribution is -2.42. The quantitative estimate of drug-likeness (QED) is 0.200. The van der Waals surface area contributed by atoms with Crippen LogP contribution in [0.1, 0.15) is 17.0 Å². The molecule has 1 aliphatic carbocycles. The molecule has 4 aromatic rings. The van der Waals surface area contributed by atoms with Crippen molar-refractivity contribution in [1.29, 1.82) is 0 Å². The first-order valence-corrected chi connectivity index (χ1v) is 13.1. The van der Waals surface area contributed by atoms with Crippen LogP contribution in [0.4, 0.5) is 5.69 Å². The number of esters is 1. The Kier molecular flexibility index (Phi) is 5.49. The molecule has 2 amide bonds. The van der Waals surface area contributed by atoms with E-state index in [4.69, 9.17) is 14.2 Å². The summed E-state index contributed by atoms with van der Waals surface area (Å²) in [6, 6.07) is 25.9. The molecule has 40 heavy (non-hydrogen) atoms. The first kappa shape index (κ1) is 24.2. The Morgan fingerprint density at radius 3 is 2.08 bits per heavy atom. The Morgan fingerprint density at radius 1 is 0.725 bits per heavy atom. The molecule has 4 aromatic carbocycles. The molecule has 2 aliphatic heterocycles. The van der Waals surface area contributed by atoms with Crippen LogP contribution in [0.3, 0.4) is 0 Å². The molecule has 7 nitrogen and oxygen atoms in total. The van der Waals surface area contributed by atoms with E-state index in [9.17, 15) is 14.4 Å². The van der Waals surface area contributed by atoms with Crippen molar-refractivity contribution in [2.75, 3.05) is 19.1 Å². The minimum Gasteiger partial charge on any atom is -0.497 e. The molecule has 198 valence electrons. The van der Waals surface area contributed by atoms with Crippen LogP contribution in [0, 0.1) is 17.8 Å². The Bertz CT molecular complexity index is 1720. The van der Waals surface area contributed by atoms with Gasteiger partial charge in [0.25, 0.3) is 0 Å². The number of anilines is 1. The van der Waals surface area contributed by atoms with Gasteiger partial charge in [0.15, 0.2) is 0 Å². The summed E-state index contributed by atoms with van der Waals surface area (Å²) in [4.78, 5) is 43.1. The third-order valence-electron chi connectivity index (χ3n) is 8.31. The predicted octanol–water partition coefficient (Wildman–Crippen LogP) is 5.38. The van der Waals surface area contributed by atoms with Gasteiger partial charge in [-0.25, -0.2) is 4.90 Å². The zero-order chi connectivity index (χ0) is 27.5. The largest absolute Gasteiger partial charge is 0.497 e. The number of carbonyl (C=O) groups is 3. The second kappa shape index (κ2) is 9.09. The molecule has 1 saturated heterocycles. The molecule has 4 atom stereocenters. The highest BCUT2D eigenvalue weighted by Crippen LogP contribution is 2.55. The van der Waals surface area contributed by atoms with E-state index in [1.54, 1.807) is 44.6 Å². The van der Waals surface area contributed by atoms with E-state index in [2.05, 4.69) is 0 Å². The topological polar surface area (TPSA) is 82.1 Å². The van der Waals surface area contributed by atoms with Gasteiger partial charge in [-0.3, -0.25) is 14.4 Å². The number of carbonyl (C=O) groups excluding carboxylic acids is 3. The monoisotopic (exact) mass is 531 g/mol. The molecule has 2 heterocycles. The molecule has 7 heteroatoms. The number of methoxy groups -OCH3 is 2. The van der Waals surface area contributed by atoms with Gasteiger partial charge in [-0.15, -0.1) is 0 Å². The smallest absolute Gasteiger partial charge is 0.319 e. The number of hydrogen-bond acceptors (Lipinski definition) is 6. The molecule has 7 rings (SSSR count). The number of allylic oxidation sites excluding steroid dienone is 1.